The largest absolute Gasteiger partial charge is 0.493 e. The summed E-state index contributed by atoms with van der Waals surface area (Å²) in [6.07, 6.45) is -0.876. The van der Waals surface area contributed by atoms with E-state index in [-0.39, 0.29) is 37.4 Å². The van der Waals surface area contributed by atoms with Crippen molar-refractivity contribution in [3.63, 3.8) is 0 Å². The summed E-state index contributed by atoms with van der Waals surface area (Å²) in [7, 11) is 1.60. The van der Waals surface area contributed by atoms with E-state index in [2.05, 4.69) is 6.58 Å². The Kier molecular flexibility index (Phi) is 5.71. The second-order valence-electron chi connectivity index (χ2n) is 8.53. The fraction of sp³-hybridized carbons (Fsp3) is 0.440. The molecule has 2 aromatic carbocycles. The predicted molar refractivity (Wildman–Crippen MR) is 116 cm³/mol. The number of benzene rings is 2. The third-order valence-electron chi connectivity index (χ3n) is 6.47. The van der Waals surface area contributed by atoms with Crippen molar-refractivity contribution in [3.8, 4) is 23.0 Å². The normalized spacial score (nSPS) is 26.6. The van der Waals surface area contributed by atoms with Crippen LogP contribution in [0.3, 0.4) is 0 Å². The Hall–Kier alpha value is -2.74. The third-order valence-corrected chi connectivity index (χ3v) is 6.47. The summed E-state index contributed by atoms with van der Waals surface area (Å²) in [6, 6.07) is 11.8. The summed E-state index contributed by atoms with van der Waals surface area (Å²) in [4.78, 5) is 0. The van der Waals surface area contributed by atoms with Gasteiger partial charge in [0.15, 0.2) is 23.0 Å². The number of fused-ring (bicyclic) bond motifs is 2. The van der Waals surface area contributed by atoms with Crippen LogP contribution in [0.25, 0.3) is 0 Å². The molecular formula is C25H28O7. The molecule has 3 aliphatic heterocycles. The van der Waals surface area contributed by atoms with Crippen LogP contribution in [0.5, 0.6) is 23.0 Å². The van der Waals surface area contributed by atoms with Crippen LogP contribution in [0.15, 0.2) is 48.6 Å². The molecule has 3 aliphatic rings. The zero-order valence-corrected chi connectivity index (χ0v) is 18.3. The number of hydrogen-bond donors (Lipinski definition) is 1. The molecule has 2 saturated heterocycles. The molecule has 0 saturated carbocycles. The van der Waals surface area contributed by atoms with Crippen LogP contribution in [0.1, 0.15) is 30.3 Å². The van der Waals surface area contributed by atoms with Crippen molar-refractivity contribution in [2.24, 2.45) is 11.8 Å². The molecule has 32 heavy (non-hydrogen) atoms. The van der Waals surface area contributed by atoms with Crippen LogP contribution in [-0.4, -0.2) is 44.9 Å². The minimum absolute atomic E-state index is 0.0424. The first-order chi connectivity index (χ1) is 15.5. The summed E-state index contributed by atoms with van der Waals surface area (Å²) in [5.74, 6) is 3.19. The van der Waals surface area contributed by atoms with Gasteiger partial charge in [0.05, 0.1) is 32.5 Å². The average Bonchev–Trinajstić information content (AvgIpc) is 3.52. The molecule has 7 nitrogen and oxygen atoms in total. The Balaban J connectivity index is 1.33. The van der Waals surface area contributed by atoms with Crippen molar-refractivity contribution in [1.29, 1.82) is 0 Å². The van der Waals surface area contributed by atoms with Gasteiger partial charge in [-0.2, -0.15) is 0 Å². The lowest BCUT2D eigenvalue weighted by molar-refractivity contribution is 0.0191. The third kappa shape index (κ3) is 3.81. The highest BCUT2D eigenvalue weighted by atomic mass is 16.7. The van der Waals surface area contributed by atoms with E-state index in [1.54, 1.807) is 14.0 Å². The van der Waals surface area contributed by atoms with Crippen molar-refractivity contribution in [3.05, 3.63) is 59.7 Å². The van der Waals surface area contributed by atoms with Crippen molar-refractivity contribution in [2.45, 2.75) is 25.2 Å². The van der Waals surface area contributed by atoms with Crippen LogP contribution < -0.4 is 18.9 Å². The standard InChI is InChI=1S/C25H28O7/c1-14(2)19(26)12-28-22-8-15(4-6-20(22)27-3)24-17-10-30-25(18(17)11-29-24)16-5-7-21-23(9-16)32-13-31-21/h4-9,17-19,24-26H,1,10-13H2,2-3H3. The fourth-order valence-corrected chi connectivity index (χ4v) is 4.62. The minimum atomic E-state index is -0.735. The summed E-state index contributed by atoms with van der Waals surface area (Å²) in [5, 5.41) is 10.0. The van der Waals surface area contributed by atoms with Crippen LogP contribution in [-0.2, 0) is 9.47 Å². The van der Waals surface area contributed by atoms with Crippen LogP contribution in [0.4, 0.5) is 0 Å². The van der Waals surface area contributed by atoms with Gasteiger partial charge in [-0.3, -0.25) is 0 Å². The van der Waals surface area contributed by atoms with Gasteiger partial charge in [-0.25, -0.2) is 0 Å². The lowest BCUT2D eigenvalue weighted by Crippen LogP contribution is -2.18. The summed E-state index contributed by atoms with van der Waals surface area (Å²) in [6.45, 7) is 7.14. The van der Waals surface area contributed by atoms with E-state index in [1.165, 1.54) is 0 Å². The number of rotatable bonds is 7. The molecule has 170 valence electrons. The Morgan fingerprint density at radius 1 is 1.00 bits per heavy atom. The second-order valence-corrected chi connectivity index (χ2v) is 8.53. The van der Waals surface area contributed by atoms with Gasteiger partial charge >= 0.3 is 0 Å². The van der Waals surface area contributed by atoms with Gasteiger partial charge in [0.1, 0.15) is 12.7 Å². The van der Waals surface area contributed by atoms with Gasteiger partial charge in [-0.05, 0) is 47.9 Å². The quantitative estimate of drug-likeness (QED) is 0.656. The molecule has 2 fully saturated rings. The zero-order valence-electron chi connectivity index (χ0n) is 18.3. The highest BCUT2D eigenvalue weighted by Crippen LogP contribution is 2.51. The topological polar surface area (TPSA) is 75.6 Å². The van der Waals surface area contributed by atoms with Crippen LogP contribution in [0.2, 0.25) is 0 Å². The number of aliphatic hydroxyl groups excluding tert-OH is 1. The van der Waals surface area contributed by atoms with Gasteiger partial charge in [-0.15, -0.1) is 0 Å². The SMILES string of the molecule is C=C(C)C(O)COc1cc(C2OCC3C(c4ccc5c(c4)OCO5)OCC23)ccc1OC. The molecule has 3 heterocycles. The molecular weight excluding hydrogens is 412 g/mol. The molecule has 0 amide bonds. The number of aliphatic hydroxyl groups is 1. The molecule has 5 atom stereocenters. The Morgan fingerprint density at radius 2 is 1.66 bits per heavy atom. The zero-order chi connectivity index (χ0) is 22.2. The molecule has 1 N–H and O–H groups in total. The minimum Gasteiger partial charge on any atom is -0.493 e. The van der Waals surface area contributed by atoms with E-state index in [9.17, 15) is 5.11 Å². The maximum absolute atomic E-state index is 10.0. The first-order valence-electron chi connectivity index (χ1n) is 10.8. The Morgan fingerprint density at radius 3 is 2.34 bits per heavy atom. The molecule has 0 spiro atoms. The lowest BCUT2D eigenvalue weighted by Gasteiger charge is -2.20. The van der Waals surface area contributed by atoms with Crippen molar-refractivity contribution >= 4 is 0 Å². The first kappa shape index (κ1) is 21.1. The molecule has 7 heteroatoms. The molecule has 0 radical (unpaired) electrons. The van der Waals surface area contributed by atoms with E-state index in [0.717, 1.165) is 22.6 Å². The van der Waals surface area contributed by atoms with E-state index in [4.69, 9.17) is 28.4 Å². The van der Waals surface area contributed by atoms with Crippen molar-refractivity contribution in [1.82, 2.24) is 0 Å². The Labute approximate surface area is 187 Å². The maximum atomic E-state index is 10.0. The van der Waals surface area contributed by atoms with Crippen molar-refractivity contribution < 1.29 is 33.5 Å². The molecule has 0 aromatic heterocycles. The number of hydrogen-bond acceptors (Lipinski definition) is 7. The summed E-state index contributed by atoms with van der Waals surface area (Å²) in [5.41, 5.74) is 2.74. The first-order valence-corrected chi connectivity index (χ1v) is 10.8. The van der Waals surface area contributed by atoms with Gasteiger partial charge < -0.3 is 33.5 Å². The van der Waals surface area contributed by atoms with Gasteiger partial charge in [-0.1, -0.05) is 18.7 Å². The van der Waals surface area contributed by atoms with Crippen LogP contribution >= 0.6 is 0 Å². The highest BCUT2D eigenvalue weighted by Gasteiger charge is 2.48. The molecule has 2 aromatic rings. The summed E-state index contributed by atoms with van der Waals surface area (Å²) >= 11 is 0. The molecule has 5 rings (SSSR count). The van der Waals surface area contributed by atoms with Gasteiger partial charge in [0.2, 0.25) is 6.79 Å². The van der Waals surface area contributed by atoms with Crippen molar-refractivity contribution in [2.75, 3.05) is 33.7 Å². The lowest BCUT2D eigenvalue weighted by atomic mass is 9.85. The second kappa shape index (κ2) is 8.65. The summed E-state index contributed by atoms with van der Waals surface area (Å²) < 4.78 is 34.7. The van der Waals surface area contributed by atoms with E-state index < -0.39 is 6.10 Å². The maximum Gasteiger partial charge on any atom is 0.231 e. The number of methoxy groups -OCH3 is 1. The molecule has 0 bridgehead atoms. The average molecular weight is 440 g/mol. The van der Waals surface area contributed by atoms with Crippen LogP contribution in [0, 0.1) is 11.8 Å². The number of ether oxygens (including phenoxy) is 6. The Bertz CT molecular complexity index is 1000. The van der Waals surface area contributed by atoms with E-state index >= 15 is 0 Å². The van der Waals surface area contributed by atoms with E-state index in [0.29, 0.717) is 30.3 Å². The monoisotopic (exact) mass is 440 g/mol. The highest BCUT2D eigenvalue weighted by molar-refractivity contribution is 5.46. The van der Waals surface area contributed by atoms with Gasteiger partial charge in [0, 0.05) is 11.8 Å². The van der Waals surface area contributed by atoms with E-state index in [1.807, 2.05) is 36.4 Å². The predicted octanol–water partition coefficient (Wildman–Crippen LogP) is 3.81. The molecule has 5 unspecified atom stereocenters. The smallest absolute Gasteiger partial charge is 0.231 e. The fourth-order valence-electron chi connectivity index (χ4n) is 4.62. The van der Waals surface area contributed by atoms with Gasteiger partial charge in [0.25, 0.3) is 0 Å². The molecule has 0 aliphatic carbocycles.